The van der Waals surface area contributed by atoms with E-state index in [2.05, 4.69) is 6.58 Å². The van der Waals surface area contributed by atoms with Crippen molar-refractivity contribution in [3.8, 4) is 0 Å². The molecule has 0 saturated carbocycles. The molecule has 9 heavy (non-hydrogen) atoms. The third kappa shape index (κ3) is 2.45. The van der Waals surface area contributed by atoms with Crippen LogP contribution >= 0.6 is 0 Å². The molecule has 0 aromatic carbocycles. The van der Waals surface area contributed by atoms with Crippen LogP contribution in [0, 0.1) is 5.92 Å². The lowest BCUT2D eigenvalue weighted by molar-refractivity contribution is 0.619. The van der Waals surface area contributed by atoms with Gasteiger partial charge < -0.3 is 0 Å². The molecule has 52 valence electrons. The minimum absolute atomic E-state index is 0.190. The lowest BCUT2D eigenvalue weighted by atomic mass is 10.0. The van der Waals surface area contributed by atoms with Crippen molar-refractivity contribution in [3.05, 3.63) is 24.1 Å². The maximum atomic E-state index is 12.5. The Balaban J connectivity index is 4.27. The van der Waals surface area contributed by atoms with Crippen LogP contribution in [-0.2, 0) is 0 Å². The van der Waals surface area contributed by atoms with E-state index in [9.17, 15) is 4.39 Å². The van der Waals surface area contributed by atoms with E-state index < -0.39 is 0 Å². The lowest BCUT2D eigenvalue weighted by Gasteiger charge is -2.03. The van der Waals surface area contributed by atoms with Crippen LogP contribution in [0.4, 0.5) is 4.39 Å². The third-order valence-electron chi connectivity index (χ3n) is 1.42. The maximum Gasteiger partial charge on any atom is 0.121 e. The molecule has 0 radical (unpaired) electrons. The first-order valence-corrected chi connectivity index (χ1v) is 3.08. The summed E-state index contributed by atoms with van der Waals surface area (Å²) in [6, 6.07) is 0. The van der Waals surface area contributed by atoms with Crippen molar-refractivity contribution in [1.82, 2.24) is 0 Å². The van der Waals surface area contributed by atoms with E-state index in [4.69, 9.17) is 0 Å². The molecule has 0 atom stereocenters. The van der Waals surface area contributed by atoms with E-state index in [1.54, 1.807) is 6.92 Å². The van der Waals surface area contributed by atoms with E-state index in [0.717, 1.165) is 5.57 Å². The lowest BCUT2D eigenvalue weighted by Crippen LogP contribution is -1.89. The predicted octanol–water partition coefficient (Wildman–Crippen LogP) is 3.07. The van der Waals surface area contributed by atoms with Crippen molar-refractivity contribution in [2.24, 2.45) is 5.92 Å². The number of hydrogen-bond acceptors (Lipinski definition) is 0. The third-order valence-corrected chi connectivity index (χ3v) is 1.42. The van der Waals surface area contributed by atoms with E-state index in [0.29, 0.717) is 0 Å². The molecule has 0 heterocycles. The Morgan fingerprint density at radius 2 is 2.00 bits per heavy atom. The molecule has 0 spiro atoms. The molecule has 0 nitrogen and oxygen atoms in total. The molecule has 0 aliphatic rings. The summed E-state index contributed by atoms with van der Waals surface area (Å²) in [5, 5.41) is 0. The number of allylic oxidation sites excluding steroid dienone is 3. The van der Waals surface area contributed by atoms with Gasteiger partial charge >= 0.3 is 0 Å². The summed E-state index contributed by atoms with van der Waals surface area (Å²) >= 11 is 0. The second kappa shape index (κ2) is 3.44. The second-order valence-electron chi connectivity index (χ2n) is 2.39. The molecule has 0 aliphatic heterocycles. The predicted molar refractivity (Wildman–Crippen MR) is 38.8 cm³/mol. The Kier molecular flexibility index (Phi) is 3.21. The fraction of sp³-hybridized carbons (Fsp3) is 0.500. The average Bonchev–Trinajstić information content (AvgIpc) is 1.84. The van der Waals surface area contributed by atoms with Gasteiger partial charge in [0.25, 0.3) is 0 Å². The van der Waals surface area contributed by atoms with Gasteiger partial charge in [-0.2, -0.15) is 0 Å². The van der Waals surface area contributed by atoms with Crippen molar-refractivity contribution in [2.45, 2.75) is 20.8 Å². The minimum atomic E-state index is -0.190. The van der Waals surface area contributed by atoms with Gasteiger partial charge in [-0.1, -0.05) is 20.4 Å². The summed E-state index contributed by atoms with van der Waals surface area (Å²) in [5.41, 5.74) is 0.769. The molecule has 0 N–H and O–H groups in total. The number of rotatable bonds is 2. The van der Waals surface area contributed by atoms with E-state index in [-0.39, 0.29) is 11.7 Å². The smallest absolute Gasteiger partial charge is 0.121 e. The molecular weight excluding hydrogens is 115 g/mol. The van der Waals surface area contributed by atoms with Crippen molar-refractivity contribution < 1.29 is 4.39 Å². The topological polar surface area (TPSA) is 0 Å². The highest BCUT2D eigenvalue weighted by Crippen LogP contribution is 2.14. The summed E-state index contributed by atoms with van der Waals surface area (Å²) in [5.74, 6) is 0.0907. The molecule has 0 saturated heterocycles. The van der Waals surface area contributed by atoms with Gasteiger partial charge in [-0.25, -0.2) is 4.39 Å². The van der Waals surface area contributed by atoms with Gasteiger partial charge in [0.15, 0.2) is 0 Å². The standard InChI is InChI=1S/C8H13F/c1-5-8(9)7(4)6(2)3/h5-6H,1H2,2-4H3/b8-7-. The SMILES string of the molecule is C=C/C(F)=C(\C)C(C)C. The quantitative estimate of drug-likeness (QED) is 0.501. The van der Waals surface area contributed by atoms with Gasteiger partial charge in [0.2, 0.25) is 0 Å². The first-order chi connectivity index (χ1) is 4.09. The molecule has 0 aromatic rings. The zero-order valence-corrected chi connectivity index (χ0v) is 6.24. The van der Waals surface area contributed by atoms with Crippen LogP contribution in [0.15, 0.2) is 24.1 Å². The molecule has 0 fully saturated rings. The van der Waals surface area contributed by atoms with E-state index in [1.165, 1.54) is 6.08 Å². The summed E-state index contributed by atoms with van der Waals surface area (Å²) in [6.07, 6.45) is 1.25. The van der Waals surface area contributed by atoms with Gasteiger partial charge in [-0.05, 0) is 24.5 Å². The number of halogens is 1. The average molecular weight is 128 g/mol. The van der Waals surface area contributed by atoms with Crippen molar-refractivity contribution in [1.29, 1.82) is 0 Å². The monoisotopic (exact) mass is 128 g/mol. The Bertz CT molecular complexity index is 132. The van der Waals surface area contributed by atoms with Crippen LogP contribution < -0.4 is 0 Å². The minimum Gasteiger partial charge on any atom is -0.207 e. The molecule has 0 rings (SSSR count). The van der Waals surface area contributed by atoms with Gasteiger partial charge in [0, 0.05) is 0 Å². The highest BCUT2D eigenvalue weighted by Gasteiger charge is 2.00. The zero-order chi connectivity index (χ0) is 7.44. The zero-order valence-electron chi connectivity index (χ0n) is 6.24. The number of hydrogen-bond donors (Lipinski definition) is 0. The van der Waals surface area contributed by atoms with Crippen LogP contribution in [-0.4, -0.2) is 0 Å². The van der Waals surface area contributed by atoms with Crippen molar-refractivity contribution in [3.63, 3.8) is 0 Å². The Hall–Kier alpha value is -0.590. The van der Waals surface area contributed by atoms with Gasteiger partial charge in [0.05, 0.1) is 0 Å². The van der Waals surface area contributed by atoms with Crippen LogP contribution in [0.3, 0.4) is 0 Å². The van der Waals surface area contributed by atoms with E-state index in [1.807, 2.05) is 13.8 Å². The maximum absolute atomic E-state index is 12.5. The first kappa shape index (κ1) is 8.41. The summed E-state index contributed by atoms with van der Waals surface area (Å²) in [4.78, 5) is 0. The summed E-state index contributed by atoms with van der Waals surface area (Å²) < 4.78 is 12.5. The first-order valence-electron chi connectivity index (χ1n) is 3.08. The van der Waals surface area contributed by atoms with Crippen LogP contribution in [0.1, 0.15) is 20.8 Å². The summed E-state index contributed by atoms with van der Waals surface area (Å²) in [6.45, 7) is 9.02. The highest BCUT2D eigenvalue weighted by molar-refractivity contribution is 5.16. The van der Waals surface area contributed by atoms with Crippen molar-refractivity contribution in [2.75, 3.05) is 0 Å². The summed E-state index contributed by atoms with van der Waals surface area (Å²) in [7, 11) is 0. The highest BCUT2D eigenvalue weighted by atomic mass is 19.1. The van der Waals surface area contributed by atoms with Crippen molar-refractivity contribution >= 4 is 0 Å². The normalized spacial score (nSPS) is 13.4. The Labute approximate surface area is 56.1 Å². The molecule has 0 unspecified atom stereocenters. The molecule has 0 aromatic heterocycles. The van der Waals surface area contributed by atoms with Crippen LogP contribution in [0.5, 0.6) is 0 Å². The van der Waals surface area contributed by atoms with Crippen LogP contribution in [0.25, 0.3) is 0 Å². The Morgan fingerprint density at radius 1 is 1.56 bits per heavy atom. The van der Waals surface area contributed by atoms with E-state index >= 15 is 0 Å². The fourth-order valence-electron chi connectivity index (χ4n) is 0.437. The van der Waals surface area contributed by atoms with Gasteiger partial charge in [-0.15, -0.1) is 0 Å². The molecule has 1 heteroatoms. The van der Waals surface area contributed by atoms with Gasteiger partial charge in [-0.3, -0.25) is 0 Å². The van der Waals surface area contributed by atoms with Crippen LogP contribution in [0.2, 0.25) is 0 Å². The fourth-order valence-corrected chi connectivity index (χ4v) is 0.437. The molecular formula is C8H13F. The van der Waals surface area contributed by atoms with Gasteiger partial charge in [0.1, 0.15) is 5.83 Å². The molecule has 0 amide bonds. The molecule has 0 bridgehead atoms. The molecule has 0 aliphatic carbocycles. The Morgan fingerprint density at radius 3 is 2.11 bits per heavy atom. The second-order valence-corrected chi connectivity index (χ2v) is 2.39. The largest absolute Gasteiger partial charge is 0.207 e.